The van der Waals surface area contributed by atoms with Crippen LogP contribution in [-0.2, 0) is 22.7 Å². The fraction of sp³-hybridized carbons (Fsp3) is 0.375. The van der Waals surface area contributed by atoms with Gasteiger partial charge in [-0.25, -0.2) is 19.2 Å². The number of nitrogens with one attached hydrogen (secondary N) is 2. The highest BCUT2D eigenvalue weighted by molar-refractivity contribution is 5.96. The van der Waals surface area contributed by atoms with Gasteiger partial charge in [0.15, 0.2) is 0 Å². The van der Waals surface area contributed by atoms with Crippen molar-refractivity contribution in [3.8, 4) is 0 Å². The molecular weight excluding hydrogens is 444 g/mol. The van der Waals surface area contributed by atoms with Crippen molar-refractivity contribution in [2.24, 2.45) is 11.8 Å². The van der Waals surface area contributed by atoms with Gasteiger partial charge in [-0.3, -0.25) is 19.3 Å². The van der Waals surface area contributed by atoms with E-state index < -0.39 is 17.5 Å². The van der Waals surface area contributed by atoms with E-state index in [-0.39, 0.29) is 30.0 Å². The third kappa shape index (κ3) is 4.26. The average molecular weight is 469 g/mol. The van der Waals surface area contributed by atoms with E-state index in [0.29, 0.717) is 18.7 Å². The van der Waals surface area contributed by atoms with E-state index in [1.807, 2.05) is 10.8 Å². The molecule has 8 nitrogen and oxygen atoms in total. The third-order valence-corrected chi connectivity index (χ3v) is 6.72. The molecule has 2 amide bonds. The minimum absolute atomic E-state index is 0.0765. The van der Waals surface area contributed by atoms with Gasteiger partial charge in [-0.1, -0.05) is 6.07 Å². The second-order valence-corrected chi connectivity index (χ2v) is 8.88. The van der Waals surface area contributed by atoms with Crippen molar-refractivity contribution in [2.75, 3.05) is 26.7 Å². The van der Waals surface area contributed by atoms with E-state index >= 15 is 0 Å². The molecule has 178 valence electrons. The lowest BCUT2D eigenvalue weighted by molar-refractivity contribution is -0.124. The first-order valence-electron chi connectivity index (χ1n) is 11.2. The summed E-state index contributed by atoms with van der Waals surface area (Å²) in [4.78, 5) is 35.5. The Morgan fingerprint density at radius 2 is 2.12 bits per heavy atom. The van der Waals surface area contributed by atoms with E-state index in [2.05, 4.69) is 20.7 Å². The largest absolute Gasteiger partial charge is 0.355 e. The van der Waals surface area contributed by atoms with Gasteiger partial charge in [0.05, 0.1) is 25.4 Å². The Kier molecular flexibility index (Phi) is 6.01. The highest BCUT2D eigenvalue weighted by Gasteiger charge is 2.38. The summed E-state index contributed by atoms with van der Waals surface area (Å²) in [5.41, 5.74) is 4.52. The predicted octanol–water partition coefficient (Wildman–Crippen LogP) is 2.22. The van der Waals surface area contributed by atoms with Crippen molar-refractivity contribution in [3.63, 3.8) is 0 Å². The SMILES string of the molecule is CONC(=O)c1cc2c(CN3CCC4C(=O)NC[C@@H]4C3)cn(Cc3ccc(F)cc3F)c2cn1. The third-order valence-electron chi connectivity index (χ3n) is 6.72. The molecule has 4 heterocycles. The fourth-order valence-electron chi connectivity index (χ4n) is 5.03. The van der Waals surface area contributed by atoms with Crippen LogP contribution in [0, 0.1) is 23.5 Å². The molecule has 1 aromatic carbocycles. The number of hydrogen-bond donors (Lipinski definition) is 2. The molecule has 2 fully saturated rings. The van der Waals surface area contributed by atoms with Gasteiger partial charge in [0.2, 0.25) is 5.91 Å². The molecule has 0 spiro atoms. The Balaban J connectivity index is 1.48. The molecule has 3 aromatic rings. The number of amides is 2. The second-order valence-electron chi connectivity index (χ2n) is 8.88. The Morgan fingerprint density at radius 3 is 2.91 bits per heavy atom. The normalized spacial score (nSPS) is 20.4. The van der Waals surface area contributed by atoms with Crippen molar-refractivity contribution in [2.45, 2.75) is 19.5 Å². The molecule has 5 rings (SSSR count). The maximum atomic E-state index is 14.3. The number of piperidine rings is 1. The van der Waals surface area contributed by atoms with Crippen molar-refractivity contribution >= 4 is 22.7 Å². The van der Waals surface area contributed by atoms with Gasteiger partial charge >= 0.3 is 0 Å². The highest BCUT2D eigenvalue weighted by Crippen LogP contribution is 2.30. The number of benzene rings is 1. The summed E-state index contributed by atoms with van der Waals surface area (Å²) in [6.45, 7) is 3.08. The standard InChI is InChI=1S/C24H25F2N5O3/c1-34-29-24(33)21-7-19-16(11-30-5-4-18-15(10-30)8-28-23(18)32)13-31(22(19)9-27-21)12-14-2-3-17(25)6-20(14)26/h2-3,6-7,9,13,15,18H,4-5,8,10-12H2,1H3,(H,28,32)(H,29,33)/t15-,18?/m1/s1. The number of aromatic nitrogens is 2. The molecule has 0 aliphatic carbocycles. The molecule has 0 radical (unpaired) electrons. The second kappa shape index (κ2) is 9.11. The zero-order valence-electron chi connectivity index (χ0n) is 18.7. The summed E-state index contributed by atoms with van der Waals surface area (Å²) in [6.07, 6.45) is 4.31. The summed E-state index contributed by atoms with van der Waals surface area (Å²) in [5, 5.41) is 3.77. The Labute approximate surface area is 194 Å². The van der Waals surface area contributed by atoms with Crippen LogP contribution in [0.25, 0.3) is 10.9 Å². The number of fused-ring (bicyclic) bond motifs is 2. The summed E-state index contributed by atoms with van der Waals surface area (Å²) in [5.74, 6) is -1.21. The molecule has 34 heavy (non-hydrogen) atoms. The summed E-state index contributed by atoms with van der Waals surface area (Å²) in [6, 6.07) is 5.23. The van der Waals surface area contributed by atoms with Crippen LogP contribution in [0.4, 0.5) is 8.78 Å². The summed E-state index contributed by atoms with van der Waals surface area (Å²) >= 11 is 0. The van der Waals surface area contributed by atoms with Gasteiger partial charge in [0.1, 0.15) is 17.3 Å². The fourth-order valence-corrected chi connectivity index (χ4v) is 5.03. The van der Waals surface area contributed by atoms with Crippen LogP contribution >= 0.6 is 0 Å². The van der Waals surface area contributed by atoms with Gasteiger partial charge < -0.3 is 9.88 Å². The molecule has 2 aliphatic rings. The van der Waals surface area contributed by atoms with E-state index in [1.165, 1.54) is 19.2 Å². The van der Waals surface area contributed by atoms with Crippen molar-refractivity contribution < 1.29 is 23.2 Å². The first-order valence-corrected chi connectivity index (χ1v) is 11.2. The summed E-state index contributed by atoms with van der Waals surface area (Å²) in [7, 11) is 1.35. The lowest BCUT2D eigenvalue weighted by atomic mass is 9.88. The number of hydroxylamine groups is 1. The Morgan fingerprint density at radius 1 is 1.26 bits per heavy atom. The smallest absolute Gasteiger partial charge is 0.293 e. The topological polar surface area (TPSA) is 88.5 Å². The van der Waals surface area contributed by atoms with Crippen LogP contribution in [-0.4, -0.2) is 53.0 Å². The quantitative estimate of drug-likeness (QED) is 0.541. The van der Waals surface area contributed by atoms with Crippen LogP contribution in [0.5, 0.6) is 0 Å². The van der Waals surface area contributed by atoms with E-state index in [9.17, 15) is 18.4 Å². The number of hydrogen-bond acceptors (Lipinski definition) is 5. The minimum atomic E-state index is -0.627. The van der Waals surface area contributed by atoms with Gasteiger partial charge in [-0.2, -0.15) is 0 Å². The van der Waals surface area contributed by atoms with Gasteiger partial charge in [-0.15, -0.1) is 0 Å². The van der Waals surface area contributed by atoms with Crippen LogP contribution in [0.2, 0.25) is 0 Å². The highest BCUT2D eigenvalue weighted by atomic mass is 19.1. The first kappa shape index (κ1) is 22.4. The lowest BCUT2D eigenvalue weighted by Gasteiger charge is -2.33. The molecule has 0 bridgehead atoms. The average Bonchev–Trinajstić information content (AvgIpc) is 3.35. The lowest BCUT2D eigenvalue weighted by Crippen LogP contribution is -2.40. The van der Waals surface area contributed by atoms with Gasteiger partial charge in [0.25, 0.3) is 5.91 Å². The number of pyridine rings is 1. The minimum Gasteiger partial charge on any atom is -0.355 e. The maximum Gasteiger partial charge on any atom is 0.293 e. The molecule has 2 atom stereocenters. The molecule has 10 heteroatoms. The van der Waals surface area contributed by atoms with Crippen molar-refractivity contribution in [1.29, 1.82) is 0 Å². The number of carbonyl (C=O) groups is 2. The number of halogens is 2. The van der Waals surface area contributed by atoms with Crippen LogP contribution in [0.1, 0.15) is 28.0 Å². The molecule has 2 aliphatic heterocycles. The molecule has 2 saturated heterocycles. The molecular formula is C24H25F2N5O3. The first-order chi connectivity index (χ1) is 16.4. The Bertz CT molecular complexity index is 1260. The van der Waals surface area contributed by atoms with Crippen LogP contribution in [0.15, 0.2) is 36.7 Å². The molecule has 0 saturated carbocycles. The summed E-state index contributed by atoms with van der Waals surface area (Å²) < 4.78 is 29.6. The monoisotopic (exact) mass is 469 g/mol. The van der Waals surface area contributed by atoms with Gasteiger partial charge in [0, 0.05) is 54.7 Å². The zero-order valence-corrected chi connectivity index (χ0v) is 18.7. The van der Waals surface area contributed by atoms with Gasteiger partial charge in [-0.05, 0) is 30.7 Å². The molecule has 1 unspecified atom stereocenters. The number of nitrogens with zero attached hydrogens (tertiary/aromatic N) is 3. The van der Waals surface area contributed by atoms with E-state index in [4.69, 9.17) is 4.84 Å². The molecule has 2 aromatic heterocycles. The Hall–Kier alpha value is -3.37. The molecule has 2 N–H and O–H groups in total. The van der Waals surface area contributed by atoms with E-state index in [0.717, 1.165) is 42.0 Å². The number of carbonyl (C=O) groups excluding carboxylic acids is 2. The van der Waals surface area contributed by atoms with Crippen LogP contribution in [0.3, 0.4) is 0 Å². The zero-order chi connectivity index (χ0) is 23.8. The van der Waals surface area contributed by atoms with E-state index in [1.54, 1.807) is 12.3 Å². The maximum absolute atomic E-state index is 14.3. The predicted molar refractivity (Wildman–Crippen MR) is 120 cm³/mol. The number of rotatable bonds is 6. The van der Waals surface area contributed by atoms with Crippen molar-refractivity contribution in [1.82, 2.24) is 25.2 Å². The van der Waals surface area contributed by atoms with Crippen LogP contribution < -0.4 is 10.8 Å². The van der Waals surface area contributed by atoms with Crippen molar-refractivity contribution in [3.05, 3.63) is 65.1 Å². The number of likely N-dealkylation sites (tertiary alicyclic amines) is 1.